The molecule has 0 bridgehead atoms. The maximum absolute atomic E-state index is 12.5. The van der Waals surface area contributed by atoms with Gasteiger partial charge in [0, 0.05) is 28.9 Å². The number of para-hydroxylation sites is 1. The predicted octanol–water partition coefficient (Wildman–Crippen LogP) is 5.36. The van der Waals surface area contributed by atoms with Crippen LogP contribution in [0.1, 0.15) is 48.0 Å². The summed E-state index contributed by atoms with van der Waals surface area (Å²) in [4.78, 5) is 14.9. The lowest BCUT2D eigenvalue weighted by atomic mass is 9.94. The molecule has 1 aliphatic rings. The lowest BCUT2D eigenvalue weighted by Gasteiger charge is -2.31. The number of hydrogen-bond donors (Lipinski definition) is 1. The molecule has 0 saturated heterocycles. The number of hydrogen-bond acceptors (Lipinski definition) is 2. The molecule has 0 atom stereocenters. The first-order valence-corrected chi connectivity index (χ1v) is 9.36. The van der Waals surface area contributed by atoms with E-state index in [9.17, 15) is 4.79 Å². The van der Waals surface area contributed by atoms with Crippen molar-refractivity contribution in [3.05, 3.63) is 64.7 Å². The number of nitrogens with one attached hydrogen (secondary N) is 1. The van der Waals surface area contributed by atoms with Crippen molar-refractivity contribution in [2.24, 2.45) is 0 Å². The molecule has 2 aromatic carbocycles. The third-order valence-corrected chi connectivity index (χ3v) is 5.24. The van der Waals surface area contributed by atoms with E-state index in [0.29, 0.717) is 16.6 Å². The summed E-state index contributed by atoms with van der Waals surface area (Å²) >= 11 is 5.90. The maximum Gasteiger partial charge on any atom is 0.255 e. The minimum Gasteiger partial charge on any atom is -0.322 e. The van der Waals surface area contributed by atoms with Crippen molar-refractivity contribution in [2.45, 2.75) is 44.7 Å². The summed E-state index contributed by atoms with van der Waals surface area (Å²) < 4.78 is 0. The van der Waals surface area contributed by atoms with E-state index in [1.807, 2.05) is 18.2 Å². The fraction of sp³-hybridized carbons (Fsp3) is 0.381. The molecular weight excluding hydrogens is 332 g/mol. The lowest BCUT2D eigenvalue weighted by molar-refractivity contribution is 0.102. The van der Waals surface area contributed by atoms with Crippen molar-refractivity contribution >= 4 is 23.2 Å². The van der Waals surface area contributed by atoms with Gasteiger partial charge in [0.05, 0.1) is 0 Å². The van der Waals surface area contributed by atoms with Gasteiger partial charge in [-0.2, -0.15) is 0 Å². The highest BCUT2D eigenvalue weighted by atomic mass is 35.5. The number of amides is 1. The first-order valence-electron chi connectivity index (χ1n) is 8.98. The van der Waals surface area contributed by atoms with Crippen molar-refractivity contribution in [3.63, 3.8) is 0 Å². The van der Waals surface area contributed by atoms with E-state index >= 15 is 0 Å². The first kappa shape index (κ1) is 18.0. The van der Waals surface area contributed by atoms with Crippen molar-refractivity contribution in [1.82, 2.24) is 4.90 Å². The third kappa shape index (κ3) is 4.83. The Morgan fingerprint density at radius 3 is 2.48 bits per heavy atom. The molecule has 0 heterocycles. The van der Waals surface area contributed by atoms with Gasteiger partial charge in [0.15, 0.2) is 0 Å². The van der Waals surface area contributed by atoms with Crippen molar-refractivity contribution in [1.29, 1.82) is 0 Å². The molecule has 1 N–H and O–H groups in total. The van der Waals surface area contributed by atoms with Gasteiger partial charge in [-0.15, -0.1) is 0 Å². The fourth-order valence-electron chi connectivity index (χ4n) is 3.50. The van der Waals surface area contributed by atoms with E-state index < -0.39 is 0 Å². The Morgan fingerprint density at radius 1 is 1.08 bits per heavy atom. The Bertz CT molecular complexity index is 708. The van der Waals surface area contributed by atoms with Gasteiger partial charge in [0.2, 0.25) is 0 Å². The van der Waals surface area contributed by atoms with Crippen LogP contribution in [0.25, 0.3) is 0 Å². The van der Waals surface area contributed by atoms with Crippen molar-refractivity contribution in [2.75, 3.05) is 12.4 Å². The minimum absolute atomic E-state index is 0.107. The Labute approximate surface area is 155 Å². The van der Waals surface area contributed by atoms with Gasteiger partial charge >= 0.3 is 0 Å². The number of carbonyl (C=O) groups is 1. The number of nitrogens with zero attached hydrogens (tertiary/aromatic N) is 1. The molecule has 0 radical (unpaired) electrons. The summed E-state index contributed by atoms with van der Waals surface area (Å²) in [6, 6.07) is 15.7. The smallest absolute Gasteiger partial charge is 0.255 e. The van der Waals surface area contributed by atoms with Crippen molar-refractivity contribution in [3.8, 4) is 0 Å². The van der Waals surface area contributed by atoms with Crippen molar-refractivity contribution < 1.29 is 4.79 Å². The average molecular weight is 357 g/mol. The summed E-state index contributed by atoms with van der Waals surface area (Å²) in [5, 5.41) is 3.68. The minimum atomic E-state index is -0.107. The average Bonchev–Trinajstić information content (AvgIpc) is 2.64. The van der Waals surface area contributed by atoms with Crippen LogP contribution in [-0.4, -0.2) is 23.9 Å². The molecule has 0 spiro atoms. The summed E-state index contributed by atoms with van der Waals surface area (Å²) in [6.07, 6.45) is 6.55. The number of carbonyl (C=O) groups excluding carboxylic acids is 1. The standard InChI is InChI=1S/C21H25ClN2O/c1-24(19-8-3-2-4-9-19)15-17-7-5-6-10-20(17)23-21(25)16-11-13-18(22)14-12-16/h5-7,10-14,19H,2-4,8-9,15H2,1H3,(H,23,25). The Morgan fingerprint density at radius 2 is 1.76 bits per heavy atom. The van der Waals surface area contributed by atoms with Crippen LogP contribution in [0.3, 0.4) is 0 Å². The first-order chi connectivity index (χ1) is 12.1. The molecule has 3 nitrogen and oxygen atoms in total. The summed E-state index contributed by atoms with van der Waals surface area (Å²) in [7, 11) is 2.19. The second-order valence-electron chi connectivity index (χ2n) is 6.83. The molecule has 1 amide bonds. The van der Waals surface area contributed by atoms with Crippen LogP contribution < -0.4 is 5.32 Å². The van der Waals surface area contributed by atoms with Gasteiger partial charge in [-0.05, 0) is 55.8 Å². The van der Waals surface area contributed by atoms with E-state index in [1.54, 1.807) is 24.3 Å². The van der Waals surface area contributed by atoms with Gasteiger partial charge in [0.25, 0.3) is 5.91 Å². The molecule has 1 saturated carbocycles. The third-order valence-electron chi connectivity index (χ3n) is 4.99. The second-order valence-corrected chi connectivity index (χ2v) is 7.26. The maximum atomic E-state index is 12.5. The Kier molecular flexibility index (Phi) is 6.11. The van der Waals surface area contributed by atoms with E-state index in [4.69, 9.17) is 11.6 Å². The molecule has 132 valence electrons. The molecule has 0 aliphatic heterocycles. The summed E-state index contributed by atoms with van der Waals surface area (Å²) in [5.74, 6) is -0.107. The molecule has 2 aromatic rings. The number of benzene rings is 2. The zero-order valence-electron chi connectivity index (χ0n) is 14.7. The van der Waals surface area contributed by atoms with E-state index in [1.165, 1.54) is 32.1 Å². The van der Waals surface area contributed by atoms with E-state index in [2.05, 4.69) is 23.3 Å². The molecule has 0 unspecified atom stereocenters. The highest BCUT2D eigenvalue weighted by molar-refractivity contribution is 6.30. The van der Waals surface area contributed by atoms with E-state index in [0.717, 1.165) is 17.8 Å². The van der Waals surface area contributed by atoms with Gasteiger partial charge in [-0.1, -0.05) is 49.1 Å². The van der Waals surface area contributed by atoms with Crippen LogP contribution in [-0.2, 0) is 6.54 Å². The Balaban J connectivity index is 1.69. The zero-order valence-corrected chi connectivity index (χ0v) is 15.4. The van der Waals surface area contributed by atoms with Gasteiger partial charge in [0.1, 0.15) is 0 Å². The fourth-order valence-corrected chi connectivity index (χ4v) is 3.62. The number of anilines is 1. The normalized spacial score (nSPS) is 15.3. The zero-order chi connectivity index (χ0) is 17.6. The number of halogens is 1. The van der Waals surface area contributed by atoms with E-state index in [-0.39, 0.29) is 5.91 Å². The molecular formula is C21H25ClN2O. The van der Waals surface area contributed by atoms with Crippen LogP contribution in [0, 0.1) is 0 Å². The quantitative estimate of drug-likeness (QED) is 0.782. The van der Waals surface area contributed by atoms with Crippen LogP contribution in [0.15, 0.2) is 48.5 Å². The predicted molar refractivity (Wildman–Crippen MR) is 104 cm³/mol. The highest BCUT2D eigenvalue weighted by Crippen LogP contribution is 2.25. The summed E-state index contributed by atoms with van der Waals surface area (Å²) in [6.45, 7) is 0.849. The Hall–Kier alpha value is -1.84. The van der Waals surface area contributed by atoms with Gasteiger partial charge in [-0.3, -0.25) is 9.69 Å². The molecule has 4 heteroatoms. The van der Waals surface area contributed by atoms with Crippen LogP contribution in [0.4, 0.5) is 5.69 Å². The molecule has 1 fully saturated rings. The van der Waals surface area contributed by atoms with Gasteiger partial charge < -0.3 is 5.32 Å². The monoisotopic (exact) mass is 356 g/mol. The highest BCUT2D eigenvalue weighted by Gasteiger charge is 2.19. The number of rotatable bonds is 5. The second kappa shape index (κ2) is 8.50. The largest absolute Gasteiger partial charge is 0.322 e. The topological polar surface area (TPSA) is 32.3 Å². The van der Waals surface area contributed by atoms with Crippen LogP contribution in [0.2, 0.25) is 5.02 Å². The molecule has 1 aliphatic carbocycles. The van der Waals surface area contributed by atoms with Crippen LogP contribution >= 0.6 is 11.6 Å². The summed E-state index contributed by atoms with van der Waals surface area (Å²) in [5.41, 5.74) is 2.64. The van der Waals surface area contributed by atoms with Gasteiger partial charge in [-0.25, -0.2) is 0 Å². The molecule has 25 heavy (non-hydrogen) atoms. The molecule has 3 rings (SSSR count). The SMILES string of the molecule is CN(Cc1ccccc1NC(=O)c1ccc(Cl)cc1)C1CCCCC1. The van der Waals surface area contributed by atoms with Crippen LogP contribution in [0.5, 0.6) is 0 Å². The molecule has 0 aromatic heterocycles. The lowest BCUT2D eigenvalue weighted by Crippen LogP contribution is -2.33.